The second-order valence-electron chi connectivity index (χ2n) is 8.07. The summed E-state index contributed by atoms with van der Waals surface area (Å²) >= 11 is 6.47. The van der Waals surface area contributed by atoms with Crippen LogP contribution >= 0.6 is 11.6 Å². The Balaban J connectivity index is 1.40. The first-order valence-electron chi connectivity index (χ1n) is 9.95. The van der Waals surface area contributed by atoms with Gasteiger partial charge >= 0.3 is 0 Å². The molecule has 2 aliphatic rings. The van der Waals surface area contributed by atoms with Gasteiger partial charge in [0.2, 0.25) is 0 Å². The topological polar surface area (TPSA) is 79.4 Å². The van der Waals surface area contributed by atoms with E-state index in [0.29, 0.717) is 28.3 Å². The Morgan fingerprint density at radius 3 is 2.90 bits per heavy atom. The summed E-state index contributed by atoms with van der Waals surface area (Å²) in [4.78, 5) is 13.5. The lowest BCUT2D eigenvalue weighted by Crippen LogP contribution is -2.15. The van der Waals surface area contributed by atoms with Gasteiger partial charge in [0, 0.05) is 30.8 Å². The normalized spacial score (nSPS) is 23.1. The highest BCUT2D eigenvalue weighted by Gasteiger charge is 2.41. The maximum atomic E-state index is 8.95. The van der Waals surface area contributed by atoms with E-state index in [4.69, 9.17) is 21.8 Å². The SMILES string of the molecule is Cc1cc(C#N)cnc1N/C=C/c1ncc2c(Cl)cn(C3CC4CCC3C4)c2n1. The van der Waals surface area contributed by atoms with Crippen LogP contribution in [0.4, 0.5) is 5.82 Å². The van der Waals surface area contributed by atoms with Gasteiger partial charge in [0.25, 0.3) is 0 Å². The molecule has 2 aliphatic carbocycles. The van der Waals surface area contributed by atoms with Gasteiger partial charge in [-0.15, -0.1) is 0 Å². The Morgan fingerprint density at radius 2 is 2.17 bits per heavy atom. The minimum Gasteiger partial charge on any atom is -0.346 e. The smallest absolute Gasteiger partial charge is 0.155 e. The Labute approximate surface area is 174 Å². The molecule has 0 aromatic carbocycles. The molecule has 1 N–H and O–H groups in total. The van der Waals surface area contributed by atoms with Crippen LogP contribution in [0.5, 0.6) is 0 Å². The maximum absolute atomic E-state index is 8.95. The second-order valence-corrected chi connectivity index (χ2v) is 8.48. The van der Waals surface area contributed by atoms with Crippen LogP contribution in [-0.4, -0.2) is 19.5 Å². The largest absolute Gasteiger partial charge is 0.346 e. The minimum absolute atomic E-state index is 0.499. The van der Waals surface area contributed by atoms with Crippen molar-refractivity contribution in [2.24, 2.45) is 11.8 Å². The molecule has 29 heavy (non-hydrogen) atoms. The standard InChI is InChI=1S/C22H21ClN6/c1-13-6-15(9-24)10-27-21(13)25-5-4-20-26-11-17-18(23)12-29(22(17)28-20)19-8-14-2-3-16(19)7-14/h4-6,10-12,14,16,19H,2-3,7-8H2,1H3,(H,25,27)/b5-4+. The van der Waals surface area contributed by atoms with Crippen LogP contribution in [0.1, 0.15) is 48.7 Å². The molecule has 5 rings (SSSR count). The molecule has 3 aromatic heterocycles. The molecule has 0 saturated heterocycles. The highest BCUT2D eigenvalue weighted by molar-refractivity contribution is 6.35. The minimum atomic E-state index is 0.499. The van der Waals surface area contributed by atoms with E-state index in [-0.39, 0.29) is 0 Å². The van der Waals surface area contributed by atoms with Crippen molar-refractivity contribution in [1.82, 2.24) is 19.5 Å². The van der Waals surface area contributed by atoms with Gasteiger partial charge in [-0.05, 0) is 55.7 Å². The molecule has 146 valence electrons. The summed E-state index contributed by atoms with van der Waals surface area (Å²) in [6, 6.07) is 4.39. The predicted octanol–water partition coefficient (Wildman–Crippen LogP) is 5.10. The Hall–Kier alpha value is -2.91. The second kappa shape index (κ2) is 7.16. The molecule has 7 heteroatoms. The average Bonchev–Trinajstić information content (AvgIpc) is 3.44. The van der Waals surface area contributed by atoms with E-state index in [0.717, 1.165) is 28.4 Å². The van der Waals surface area contributed by atoms with E-state index in [2.05, 4.69) is 25.9 Å². The summed E-state index contributed by atoms with van der Waals surface area (Å²) in [5.74, 6) is 2.92. The van der Waals surface area contributed by atoms with Crippen molar-refractivity contribution in [3.8, 4) is 6.07 Å². The first kappa shape index (κ1) is 18.1. The third kappa shape index (κ3) is 3.26. The van der Waals surface area contributed by atoms with Gasteiger partial charge in [0.15, 0.2) is 5.82 Å². The van der Waals surface area contributed by atoms with Crippen LogP contribution in [-0.2, 0) is 0 Å². The van der Waals surface area contributed by atoms with Gasteiger partial charge in [0.05, 0.1) is 16.0 Å². The van der Waals surface area contributed by atoms with Crippen LogP contribution in [0, 0.1) is 30.1 Å². The highest BCUT2D eigenvalue weighted by Crippen LogP contribution is 2.51. The summed E-state index contributed by atoms with van der Waals surface area (Å²) in [6.45, 7) is 1.91. The van der Waals surface area contributed by atoms with Crippen LogP contribution in [0.25, 0.3) is 17.1 Å². The first-order chi connectivity index (χ1) is 14.1. The fraction of sp³-hybridized carbons (Fsp3) is 0.364. The van der Waals surface area contributed by atoms with Crippen LogP contribution in [0.2, 0.25) is 5.02 Å². The molecular weight excluding hydrogens is 384 g/mol. The number of aryl methyl sites for hydroxylation is 1. The Morgan fingerprint density at radius 1 is 1.28 bits per heavy atom. The van der Waals surface area contributed by atoms with Crippen LogP contribution in [0.15, 0.2) is 30.9 Å². The molecule has 6 nitrogen and oxygen atoms in total. The van der Waals surface area contributed by atoms with Crippen molar-refractivity contribution in [3.05, 3.63) is 52.8 Å². The van der Waals surface area contributed by atoms with Crippen molar-refractivity contribution in [2.75, 3.05) is 5.32 Å². The quantitative estimate of drug-likeness (QED) is 0.654. The molecule has 3 unspecified atom stereocenters. The van der Waals surface area contributed by atoms with Gasteiger partial charge in [-0.3, -0.25) is 0 Å². The highest BCUT2D eigenvalue weighted by atomic mass is 35.5. The molecule has 3 atom stereocenters. The average molecular weight is 405 g/mol. The lowest BCUT2D eigenvalue weighted by Gasteiger charge is -2.23. The van der Waals surface area contributed by atoms with Crippen molar-refractivity contribution in [2.45, 2.75) is 38.6 Å². The van der Waals surface area contributed by atoms with E-state index in [9.17, 15) is 0 Å². The molecular formula is C22H21ClN6. The lowest BCUT2D eigenvalue weighted by atomic mass is 9.95. The fourth-order valence-electron chi connectivity index (χ4n) is 4.87. The molecule has 0 aliphatic heterocycles. The number of hydrogen-bond donors (Lipinski definition) is 1. The number of aromatic nitrogens is 4. The maximum Gasteiger partial charge on any atom is 0.155 e. The number of anilines is 1. The summed E-state index contributed by atoms with van der Waals surface area (Å²) in [6.07, 6.45) is 14.2. The number of hydrogen-bond acceptors (Lipinski definition) is 5. The molecule has 2 fully saturated rings. The van der Waals surface area contributed by atoms with E-state index in [1.165, 1.54) is 25.7 Å². The Bertz CT molecular complexity index is 1160. The number of nitrogens with zero attached hydrogens (tertiary/aromatic N) is 5. The van der Waals surface area contributed by atoms with Gasteiger partial charge in [-0.25, -0.2) is 15.0 Å². The Kier molecular flexibility index (Phi) is 4.48. The van der Waals surface area contributed by atoms with E-state index in [1.54, 1.807) is 24.7 Å². The van der Waals surface area contributed by atoms with Gasteiger partial charge < -0.3 is 9.88 Å². The molecule has 0 spiro atoms. The van der Waals surface area contributed by atoms with E-state index < -0.39 is 0 Å². The molecule has 0 radical (unpaired) electrons. The third-order valence-corrected chi connectivity index (χ3v) is 6.56. The summed E-state index contributed by atoms with van der Waals surface area (Å²) < 4.78 is 2.28. The summed E-state index contributed by atoms with van der Waals surface area (Å²) in [5, 5.41) is 13.7. The number of nitrogens with one attached hydrogen (secondary N) is 1. The van der Waals surface area contributed by atoms with Crippen LogP contribution < -0.4 is 5.32 Å². The zero-order valence-electron chi connectivity index (χ0n) is 16.1. The van der Waals surface area contributed by atoms with Crippen molar-refractivity contribution in [3.63, 3.8) is 0 Å². The van der Waals surface area contributed by atoms with Gasteiger partial charge in [-0.1, -0.05) is 18.0 Å². The van der Waals surface area contributed by atoms with Gasteiger partial charge in [0.1, 0.15) is 17.5 Å². The van der Waals surface area contributed by atoms with E-state index in [1.807, 2.05) is 19.2 Å². The predicted molar refractivity (Wildman–Crippen MR) is 113 cm³/mol. The van der Waals surface area contributed by atoms with Gasteiger partial charge in [-0.2, -0.15) is 5.26 Å². The molecule has 0 amide bonds. The number of nitriles is 1. The fourth-order valence-corrected chi connectivity index (χ4v) is 5.11. The molecule has 2 bridgehead atoms. The number of pyridine rings is 1. The number of rotatable bonds is 4. The molecule has 3 aromatic rings. The van der Waals surface area contributed by atoms with Crippen molar-refractivity contribution >= 4 is 34.5 Å². The summed E-state index contributed by atoms with van der Waals surface area (Å²) in [5.41, 5.74) is 2.36. The van der Waals surface area contributed by atoms with Crippen molar-refractivity contribution in [1.29, 1.82) is 5.26 Å². The third-order valence-electron chi connectivity index (χ3n) is 6.26. The zero-order valence-corrected chi connectivity index (χ0v) is 16.9. The van der Waals surface area contributed by atoms with E-state index >= 15 is 0 Å². The monoisotopic (exact) mass is 404 g/mol. The summed E-state index contributed by atoms with van der Waals surface area (Å²) in [7, 11) is 0. The molecule has 2 saturated carbocycles. The first-order valence-corrected chi connectivity index (χ1v) is 10.3. The number of fused-ring (bicyclic) bond motifs is 3. The molecule has 3 heterocycles. The number of halogens is 1. The lowest BCUT2D eigenvalue weighted by molar-refractivity contribution is 0.336. The van der Waals surface area contributed by atoms with Crippen LogP contribution in [0.3, 0.4) is 0 Å². The van der Waals surface area contributed by atoms with Crippen molar-refractivity contribution < 1.29 is 0 Å². The zero-order chi connectivity index (χ0) is 20.0.